The molecule has 1 aromatic heterocycles. The Hall–Kier alpha value is -2.83. The molecule has 0 saturated carbocycles. The van der Waals surface area contributed by atoms with Crippen molar-refractivity contribution in [2.24, 2.45) is 0 Å². The Kier molecular flexibility index (Phi) is 5.96. The van der Waals surface area contributed by atoms with Crippen molar-refractivity contribution < 1.29 is 13.2 Å². The molecule has 0 unspecified atom stereocenters. The van der Waals surface area contributed by atoms with Crippen molar-refractivity contribution in [3.63, 3.8) is 0 Å². The van der Waals surface area contributed by atoms with Gasteiger partial charge in [-0.2, -0.15) is 13.2 Å². The number of nitrogens with zero attached hydrogens (tertiary/aromatic N) is 3. The van der Waals surface area contributed by atoms with Crippen molar-refractivity contribution >= 4 is 16.6 Å². The molecule has 0 aliphatic heterocycles. The Morgan fingerprint density at radius 3 is 2.45 bits per heavy atom. The highest BCUT2D eigenvalue weighted by Crippen LogP contribution is 2.25. The van der Waals surface area contributed by atoms with Gasteiger partial charge < -0.3 is 4.90 Å². The minimum absolute atomic E-state index is 0.160. The molecule has 1 heterocycles. The van der Waals surface area contributed by atoms with Gasteiger partial charge in [-0.1, -0.05) is 37.3 Å². The molecule has 0 spiro atoms. The fourth-order valence-corrected chi connectivity index (χ4v) is 3.57. The van der Waals surface area contributed by atoms with Gasteiger partial charge in [0.2, 0.25) is 0 Å². The van der Waals surface area contributed by atoms with Gasteiger partial charge >= 0.3 is 6.18 Å². The SMILES string of the molecule is CC[C@@H](c1ccccc1)n1c(C)nc2ccc(N(C)CCC(F)(F)F)cc2c1=O. The van der Waals surface area contributed by atoms with Gasteiger partial charge in [0.15, 0.2) is 0 Å². The van der Waals surface area contributed by atoms with Crippen molar-refractivity contribution in [1.29, 1.82) is 0 Å². The van der Waals surface area contributed by atoms with Gasteiger partial charge in [-0.05, 0) is 37.1 Å². The van der Waals surface area contributed by atoms with Crippen molar-refractivity contribution in [2.45, 2.75) is 38.9 Å². The number of benzene rings is 2. The molecular weight excluding hydrogens is 379 g/mol. The minimum Gasteiger partial charge on any atom is -0.374 e. The Morgan fingerprint density at radius 2 is 1.83 bits per heavy atom. The summed E-state index contributed by atoms with van der Waals surface area (Å²) in [7, 11) is 1.59. The molecule has 3 aromatic rings. The maximum absolute atomic E-state index is 13.3. The number of hydrogen-bond donors (Lipinski definition) is 0. The van der Waals surface area contributed by atoms with Gasteiger partial charge in [0, 0.05) is 19.3 Å². The van der Waals surface area contributed by atoms with Crippen LogP contribution in [0.5, 0.6) is 0 Å². The van der Waals surface area contributed by atoms with E-state index in [4.69, 9.17) is 0 Å². The average Bonchev–Trinajstić information content (AvgIpc) is 2.69. The number of rotatable bonds is 6. The smallest absolute Gasteiger partial charge is 0.374 e. The van der Waals surface area contributed by atoms with Crippen molar-refractivity contribution in [3.8, 4) is 0 Å². The minimum atomic E-state index is -4.22. The van der Waals surface area contributed by atoms with E-state index >= 15 is 0 Å². The van der Waals surface area contributed by atoms with Crippen LogP contribution in [0.2, 0.25) is 0 Å². The van der Waals surface area contributed by atoms with E-state index in [1.807, 2.05) is 37.3 Å². The molecule has 0 amide bonds. The molecule has 1 atom stereocenters. The fraction of sp³-hybridized carbons (Fsp3) is 0.364. The third kappa shape index (κ3) is 4.60. The lowest BCUT2D eigenvalue weighted by molar-refractivity contribution is -0.132. The van der Waals surface area contributed by atoms with Crippen LogP contribution in [-0.2, 0) is 0 Å². The van der Waals surface area contributed by atoms with E-state index in [1.54, 1.807) is 36.7 Å². The van der Waals surface area contributed by atoms with Crippen molar-refractivity contribution in [3.05, 3.63) is 70.3 Å². The monoisotopic (exact) mass is 403 g/mol. The topological polar surface area (TPSA) is 38.1 Å². The second kappa shape index (κ2) is 8.27. The van der Waals surface area contributed by atoms with Gasteiger partial charge in [0.1, 0.15) is 5.82 Å². The third-order valence-electron chi connectivity index (χ3n) is 5.11. The molecule has 0 fully saturated rings. The van der Waals surface area contributed by atoms with E-state index in [0.29, 0.717) is 28.8 Å². The summed E-state index contributed by atoms with van der Waals surface area (Å²) in [5, 5.41) is 0.404. The summed E-state index contributed by atoms with van der Waals surface area (Å²) in [6.07, 6.45) is -4.42. The van der Waals surface area contributed by atoms with Crippen LogP contribution in [-0.4, -0.2) is 29.3 Å². The highest BCUT2D eigenvalue weighted by atomic mass is 19.4. The van der Waals surface area contributed by atoms with Crippen LogP contribution < -0.4 is 10.5 Å². The van der Waals surface area contributed by atoms with E-state index in [9.17, 15) is 18.0 Å². The molecule has 154 valence electrons. The van der Waals surface area contributed by atoms with E-state index in [0.717, 1.165) is 5.56 Å². The van der Waals surface area contributed by atoms with Gasteiger partial charge in [-0.15, -0.1) is 0 Å². The van der Waals surface area contributed by atoms with Gasteiger partial charge in [-0.3, -0.25) is 9.36 Å². The van der Waals surface area contributed by atoms with Crippen LogP contribution >= 0.6 is 0 Å². The summed E-state index contributed by atoms with van der Waals surface area (Å²) in [5.74, 6) is 0.608. The average molecular weight is 403 g/mol. The van der Waals surface area contributed by atoms with Crippen molar-refractivity contribution in [1.82, 2.24) is 9.55 Å². The first-order chi connectivity index (χ1) is 13.7. The third-order valence-corrected chi connectivity index (χ3v) is 5.11. The normalized spacial score (nSPS) is 12.9. The quantitative estimate of drug-likeness (QED) is 0.575. The lowest BCUT2D eigenvalue weighted by Gasteiger charge is -2.23. The Morgan fingerprint density at radius 1 is 1.14 bits per heavy atom. The highest BCUT2D eigenvalue weighted by molar-refractivity contribution is 5.82. The van der Waals surface area contributed by atoms with Gasteiger partial charge in [0.25, 0.3) is 5.56 Å². The number of halogens is 3. The molecular formula is C22H24F3N3O. The summed E-state index contributed by atoms with van der Waals surface area (Å²) in [5.41, 5.74) is 1.93. The summed E-state index contributed by atoms with van der Waals surface area (Å²) in [6.45, 7) is 3.63. The molecule has 0 aliphatic rings. The predicted molar refractivity (Wildman–Crippen MR) is 110 cm³/mol. The van der Waals surface area contributed by atoms with E-state index in [1.165, 1.54) is 4.90 Å². The first-order valence-corrected chi connectivity index (χ1v) is 9.57. The van der Waals surface area contributed by atoms with Crippen LogP contribution in [0.4, 0.5) is 18.9 Å². The Balaban J connectivity index is 2.06. The summed E-state index contributed by atoms with van der Waals surface area (Å²) in [4.78, 5) is 19.4. The zero-order valence-corrected chi connectivity index (χ0v) is 16.7. The summed E-state index contributed by atoms with van der Waals surface area (Å²) < 4.78 is 39.3. The number of hydrogen-bond acceptors (Lipinski definition) is 3. The first kappa shape index (κ1) is 20.9. The molecule has 4 nitrogen and oxygen atoms in total. The van der Waals surface area contributed by atoms with Crippen LogP contribution in [0.25, 0.3) is 10.9 Å². The number of anilines is 1. The Labute approximate surface area is 167 Å². The number of aryl methyl sites for hydroxylation is 1. The van der Waals surface area contributed by atoms with Gasteiger partial charge in [-0.25, -0.2) is 4.98 Å². The molecule has 3 rings (SSSR count). The number of aromatic nitrogens is 2. The maximum Gasteiger partial charge on any atom is 0.390 e. The molecule has 0 bridgehead atoms. The van der Waals surface area contributed by atoms with Crippen LogP contribution in [0.3, 0.4) is 0 Å². The molecule has 7 heteroatoms. The number of fused-ring (bicyclic) bond motifs is 1. The van der Waals surface area contributed by atoms with Crippen LogP contribution in [0.1, 0.15) is 37.2 Å². The second-order valence-electron chi connectivity index (χ2n) is 7.16. The molecule has 0 radical (unpaired) electrons. The highest BCUT2D eigenvalue weighted by Gasteiger charge is 2.27. The number of alkyl halides is 3. The zero-order valence-electron chi connectivity index (χ0n) is 16.7. The Bertz CT molecular complexity index is 1040. The standard InChI is InChI=1S/C22H24F3N3O/c1-4-20(16-8-6-5-7-9-16)28-15(2)26-19-11-10-17(14-18(19)21(28)29)27(3)13-12-22(23,24)25/h5-11,14,20H,4,12-13H2,1-3H3/t20-/m0/s1. The van der Waals surface area contributed by atoms with Gasteiger partial charge in [0.05, 0.1) is 23.4 Å². The second-order valence-corrected chi connectivity index (χ2v) is 7.16. The molecule has 29 heavy (non-hydrogen) atoms. The first-order valence-electron chi connectivity index (χ1n) is 9.57. The molecule has 0 saturated heterocycles. The van der Waals surface area contributed by atoms with Crippen LogP contribution in [0, 0.1) is 6.92 Å². The zero-order chi connectivity index (χ0) is 21.2. The predicted octanol–water partition coefficient (Wildman–Crippen LogP) is 5.09. The fourth-order valence-electron chi connectivity index (χ4n) is 3.57. The van der Waals surface area contributed by atoms with E-state index in [-0.39, 0.29) is 18.1 Å². The summed E-state index contributed by atoms with van der Waals surface area (Å²) >= 11 is 0. The summed E-state index contributed by atoms with van der Waals surface area (Å²) in [6, 6.07) is 14.6. The maximum atomic E-state index is 13.3. The van der Waals surface area contributed by atoms with Crippen LogP contribution in [0.15, 0.2) is 53.3 Å². The van der Waals surface area contributed by atoms with Crippen molar-refractivity contribution in [2.75, 3.05) is 18.5 Å². The molecule has 0 N–H and O–H groups in total. The molecule has 0 aliphatic carbocycles. The van der Waals surface area contributed by atoms with E-state index < -0.39 is 12.6 Å². The lowest BCUT2D eigenvalue weighted by Crippen LogP contribution is -2.29. The largest absolute Gasteiger partial charge is 0.390 e. The molecule has 2 aromatic carbocycles. The lowest BCUT2D eigenvalue weighted by atomic mass is 10.0. The van der Waals surface area contributed by atoms with E-state index in [2.05, 4.69) is 4.98 Å².